The smallest absolute Gasteiger partial charge is 0.255 e. The number of piperidine rings is 2. The number of fused-ring (bicyclic) bond motifs is 1. The number of imide groups is 1. The molecular formula is C30H30N4O4. The number of nitrogens with one attached hydrogen (secondary N) is 1. The van der Waals surface area contributed by atoms with Crippen molar-refractivity contribution in [2.75, 3.05) is 13.1 Å². The maximum absolute atomic E-state index is 13.0. The standard InChI is InChI=1S/C30H30N4O4/c35-27-10-9-26(29(37)31-27)34-19-23-17-22(7-8-25(23)30(34)38)21-11-14-32(15-12-21)18-20-4-3-5-24(16-20)33-13-2-1-6-28(33)36/h1-8,13,16-17,21,26H,9-12,14-15,18-19H2,(H,31,35,37). The van der Waals surface area contributed by atoms with Gasteiger partial charge in [0.1, 0.15) is 6.04 Å². The lowest BCUT2D eigenvalue weighted by Crippen LogP contribution is -2.52. The first-order valence-electron chi connectivity index (χ1n) is 13.2. The third-order valence-corrected chi connectivity index (χ3v) is 8.02. The maximum Gasteiger partial charge on any atom is 0.255 e. The first-order chi connectivity index (χ1) is 18.5. The fourth-order valence-electron chi connectivity index (χ4n) is 5.98. The Labute approximate surface area is 220 Å². The number of likely N-dealkylation sites (tertiary alicyclic amines) is 1. The summed E-state index contributed by atoms with van der Waals surface area (Å²) < 4.78 is 1.66. The molecule has 3 amide bonds. The van der Waals surface area contributed by atoms with E-state index in [2.05, 4.69) is 34.5 Å². The van der Waals surface area contributed by atoms with Crippen molar-refractivity contribution in [3.05, 3.63) is 99.5 Å². The minimum absolute atomic E-state index is 0.0401. The van der Waals surface area contributed by atoms with E-state index in [9.17, 15) is 19.2 Å². The fourth-order valence-corrected chi connectivity index (χ4v) is 5.98. The molecule has 0 spiro atoms. The number of hydrogen-bond acceptors (Lipinski definition) is 5. The van der Waals surface area contributed by atoms with Crippen molar-refractivity contribution in [1.29, 1.82) is 0 Å². The first kappa shape index (κ1) is 24.3. The van der Waals surface area contributed by atoms with Gasteiger partial charge >= 0.3 is 0 Å². The van der Waals surface area contributed by atoms with Gasteiger partial charge in [0.2, 0.25) is 11.8 Å². The number of benzene rings is 2. The van der Waals surface area contributed by atoms with Gasteiger partial charge in [0.05, 0.1) is 0 Å². The highest BCUT2D eigenvalue weighted by atomic mass is 16.2. The topological polar surface area (TPSA) is 91.7 Å². The van der Waals surface area contributed by atoms with Crippen LogP contribution in [0.3, 0.4) is 0 Å². The highest BCUT2D eigenvalue weighted by Crippen LogP contribution is 2.34. The molecule has 0 radical (unpaired) electrons. The monoisotopic (exact) mass is 510 g/mol. The number of carbonyl (C=O) groups excluding carboxylic acids is 3. The molecule has 0 saturated carbocycles. The van der Waals surface area contributed by atoms with Gasteiger partial charge in [-0.25, -0.2) is 0 Å². The largest absolute Gasteiger partial charge is 0.322 e. The lowest BCUT2D eigenvalue weighted by molar-refractivity contribution is -0.136. The van der Waals surface area contributed by atoms with Crippen molar-refractivity contribution < 1.29 is 14.4 Å². The van der Waals surface area contributed by atoms with E-state index in [4.69, 9.17) is 0 Å². The Balaban J connectivity index is 1.09. The third kappa shape index (κ3) is 4.67. The quantitative estimate of drug-likeness (QED) is 0.533. The maximum atomic E-state index is 13.0. The van der Waals surface area contributed by atoms with E-state index in [1.165, 1.54) is 11.1 Å². The minimum atomic E-state index is -0.585. The van der Waals surface area contributed by atoms with Crippen LogP contribution in [0.5, 0.6) is 0 Å². The van der Waals surface area contributed by atoms with Crippen LogP contribution in [0.25, 0.3) is 5.69 Å². The van der Waals surface area contributed by atoms with E-state index < -0.39 is 6.04 Å². The number of hydrogen-bond donors (Lipinski definition) is 1. The Morgan fingerprint density at radius 1 is 0.868 bits per heavy atom. The van der Waals surface area contributed by atoms with E-state index in [1.807, 2.05) is 24.3 Å². The summed E-state index contributed by atoms with van der Waals surface area (Å²) in [6.07, 6.45) is 4.49. The van der Waals surface area contributed by atoms with Crippen LogP contribution in [0.4, 0.5) is 0 Å². The molecule has 1 N–H and O–H groups in total. The molecule has 4 heterocycles. The van der Waals surface area contributed by atoms with E-state index in [0.29, 0.717) is 24.4 Å². The Morgan fingerprint density at radius 3 is 2.50 bits per heavy atom. The van der Waals surface area contributed by atoms with E-state index in [-0.39, 0.29) is 29.7 Å². The van der Waals surface area contributed by atoms with Gasteiger partial charge in [-0.2, -0.15) is 0 Å². The number of pyridine rings is 1. The molecule has 3 aliphatic rings. The summed E-state index contributed by atoms with van der Waals surface area (Å²) in [5, 5.41) is 2.36. The molecule has 0 aliphatic carbocycles. The molecule has 3 aromatic rings. The summed E-state index contributed by atoms with van der Waals surface area (Å²) in [5.41, 5.74) is 4.89. The lowest BCUT2D eigenvalue weighted by atomic mass is 9.87. The van der Waals surface area contributed by atoms with Crippen molar-refractivity contribution in [1.82, 2.24) is 19.7 Å². The first-order valence-corrected chi connectivity index (χ1v) is 13.2. The van der Waals surface area contributed by atoms with Gasteiger partial charge in [0.25, 0.3) is 11.5 Å². The summed E-state index contributed by atoms with van der Waals surface area (Å²) >= 11 is 0. The Hall–Kier alpha value is -4.04. The number of nitrogens with zero attached hydrogens (tertiary/aromatic N) is 3. The summed E-state index contributed by atoms with van der Waals surface area (Å²) in [6, 6.07) is 18.8. The summed E-state index contributed by atoms with van der Waals surface area (Å²) in [6.45, 7) is 3.19. The van der Waals surface area contributed by atoms with Crippen LogP contribution in [0.15, 0.2) is 71.7 Å². The van der Waals surface area contributed by atoms with Gasteiger partial charge < -0.3 is 4.90 Å². The molecule has 3 aliphatic heterocycles. The molecule has 1 aromatic heterocycles. The highest BCUT2D eigenvalue weighted by molar-refractivity contribution is 6.05. The molecular weight excluding hydrogens is 480 g/mol. The number of rotatable bonds is 5. The number of carbonyl (C=O) groups is 3. The summed E-state index contributed by atoms with van der Waals surface area (Å²) in [4.78, 5) is 53.1. The zero-order valence-corrected chi connectivity index (χ0v) is 21.1. The van der Waals surface area contributed by atoms with Gasteiger partial charge in [-0.05, 0) is 79.2 Å². The molecule has 1 atom stereocenters. The minimum Gasteiger partial charge on any atom is -0.322 e. The summed E-state index contributed by atoms with van der Waals surface area (Å²) in [5.74, 6) is -0.360. The normalized spacial score (nSPS) is 20.5. The van der Waals surface area contributed by atoms with Gasteiger partial charge in [0.15, 0.2) is 0 Å². The Kier molecular flexibility index (Phi) is 6.41. The van der Waals surface area contributed by atoms with Gasteiger partial charge in [0, 0.05) is 43.0 Å². The summed E-state index contributed by atoms with van der Waals surface area (Å²) in [7, 11) is 0. The van der Waals surface area contributed by atoms with Gasteiger partial charge in [-0.15, -0.1) is 0 Å². The third-order valence-electron chi connectivity index (χ3n) is 8.02. The van der Waals surface area contributed by atoms with Crippen molar-refractivity contribution >= 4 is 17.7 Å². The molecule has 38 heavy (non-hydrogen) atoms. The molecule has 2 saturated heterocycles. The van der Waals surface area contributed by atoms with E-state index in [1.54, 1.807) is 27.8 Å². The molecule has 1 unspecified atom stereocenters. The van der Waals surface area contributed by atoms with Crippen LogP contribution >= 0.6 is 0 Å². The molecule has 8 heteroatoms. The van der Waals surface area contributed by atoms with Crippen molar-refractivity contribution in [3.8, 4) is 5.69 Å². The van der Waals surface area contributed by atoms with Crippen LogP contribution in [0, 0.1) is 0 Å². The van der Waals surface area contributed by atoms with Crippen molar-refractivity contribution in [2.24, 2.45) is 0 Å². The van der Waals surface area contributed by atoms with Crippen molar-refractivity contribution in [2.45, 2.75) is 50.7 Å². The van der Waals surface area contributed by atoms with Crippen LogP contribution in [0.2, 0.25) is 0 Å². The Bertz CT molecular complexity index is 1470. The number of amides is 3. The molecule has 2 fully saturated rings. The SMILES string of the molecule is O=C1CCC(N2Cc3cc(C4CCN(Cc5cccc(-n6ccccc6=O)c5)CC4)ccc3C2=O)C(=O)N1. The average molecular weight is 511 g/mol. The van der Waals surface area contributed by atoms with Crippen molar-refractivity contribution in [3.63, 3.8) is 0 Å². The number of aromatic nitrogens is 1. The van der Waals surface area contributed by atoms with Crippen LogP contribution in [-0.4, -0.2) is 51.2 Å². The van der Waals surface area contributed by atoms with E-state index >= 15 is 0 Å². The predicted octanol–water partition coefficient (Wildman–Crippen LogP) is 2.98. The molecule has 0 bridgehead atoms. The highest BCUT2D eigenvalue weighted by Gasteiger charge is 2.39. The molecule has 8 nitrogen and oxygen atoms in total. The zero-order chi connectivity index (χ0) is 26.2. The van der Waals surface area contributed by atoms with Crippen LogP contribution in [0.1, 0.15) is 58.6 Å². The van der Waals surface area contributed by atoms with E-state index in [0.717, 1.165) is 43.7 Å². The second kappa shape index (κ2) is 10.0. The predicted molar refractivity (Wildman–Crippen MR) is 142 cm³/mol. The molecule has 194 valence electrons. The van der Waals surface area contributed by atoms with Gasteiger partial charge in [-0.3, -0.25) is 34.0 Å². The Morgan fingerprint density at radius 2 is 1.71 bits per heavy atom. The van der Waals surface area contributed by atoms with Gasteiger partial charge in [-0.1, -0.05) is 30.3 Å². The second-order valence-electron chi connectivity index (χ2n) is 10.4. The molecule has 6 rings (SSSR count). The van der Waals surface area contributed by atoms with Crippen LogP contribution in [-0.2, 0) is 22.7 Å². The molecule has 2 aromatic carbocycles. The zero-order valence-electron chi connectivity index (χ0n) is 21.1. The fraction of sp³-hybridized carbons (Fsp3) is 0.333. The lowest BCUT2D eigenvalue weighted by Gasteiger charge is -2.32. The van der Waals surface area contributed by atoms with Crippen LogP contribution < -0.4 is 10.9 Å². The average Bonchev–Trinajstić information content (AvgIpc) is 3.25. The second-order valence-corrected chi connectivity index (χ2v) is 10.4.